The van der Waals surface area contributed by atoms with Crippen LogP contribution in [0.3, 0.4) is 0 Å². The van der Waals surface area contributed by atoms with Crippen LogP contribution < -0.4 is 10.6 Å². The summed E-state index contributed by atoms with van der Waals surface area (Å²) in [5.41, 5.74) is 0. The molecule has 2 heterocycles. The lowest BCUT2D eigenvalue weighted by molar-refractivity contribution is -0.126. The Morgan fingerprint density at radius 2 is 2.35 bits per heavy atom. The highest BCUT2D eigenvalue weighted by Gasteiger charge is 2.21. The number of hydrogen-bond acceptors (Lipinski definition) is 3. The van der Waals surface area contributed by atoms with Crippen molar-refractivity contribution in [3.8, 4) is 0 Å². The molecule has 5 heteroatoms. The Morgan fingerprint density at radius 3 is 3.00 bits per heavy atom. The average Bonchev–Trinajstić information content (AvgIpc) is 2.82. The third-order valence-corrected chi connectivity index (χ3v) is 3.12. The summed E-state index contributed by atoms with van der Waals surface area (Å²) in [4.78, 5) is 12.0. The first-order valence-corrected chi connectivity index (χ1v) is 6.24. The summed E-state index contributed by atoms with van der Waals surface area (Å²) in [5.74, 6) is 0.363. The maximum absolute atomic E-state index is 12.0. The second kappa shape index (κ2) is 5.82. The number of amides is 1. The Kier molecular flexibility index (Phi) is 4.14. The van der Waals surface area contributed by atoms with Crippen molar-refractivity contribution in [3.63, 3.8) is 0 Å². The van der Waals surface area contributed by atoms with Crippen molar-refractivity contribution in [1.29, 1.82) is 0 Å². The molecule has 1 fully saturated rings. The summed E-state index contributed by atoms with van der Waals surface area (Å²) in [6.07, 6.45) is 5.55. The molecule has 2 rings (SSSR count). The second-order valence-corrected chi connectivity index (χ2v) is 4.66. The molecular formula is C12H20N4O. The summed E-state index contributed by atoms with van der Waals surface area (Å²) in [6.45, 7) is 4.64. The van der Waals surface area contributed by atoms with Crippen LogP contribution in [-0.4, -0.2) is 34.8 Å². The minimum absolute atomic E-state index is 0.122. The van der Waals surface area contributed by atoms with Gasteiger partial charge in [0.1, 0.15) is 0 Å². The molecule has 1 aliphatic rings. The molecule has 0 bridgehead atoms. The van der Waals surface area contributed by atoms with Crippen molar-refractivity contribution < 1.29 is 4.79 Å². The van der Waals surface area contributed by atoms with Gasteiger partial charge in [-0.1, -0.05) is 0 Å². The predicted molar refractivity (Wildman–Crippen MR) is 65.4 cm³/mol. The smallest absolute Gasteiger partial charge is 0.223 e. The maximum Gasteiger partial charge on any atom is 0.223 e. The van der Waals surface area contributed by atoms with E-state index in [0.29, 0.717) is 0 Å². The molecule has 0 aliphatic carbocycles. The van der Waals surface area contributed by atoms with Crippen LogP contribution in [0.5, 0.6) is 0 Å². The van der Waals surface area contributed by atoms with Gasteiger partial charge in [-0.2, -0.15) is 5.10 Å². The highest BCUT2D eigenvalue weighted by Crippen LogP contribution is 2.11. The molecule has 0 spiro atoms. The Morgan fingerprint density at radius 1 is 1.59 bits per heavy atom. The monoisotopic (exact) mass is 236 g/mol. The van der Waals surface area contributed by atoms with Crippen LogP contribution in [0.1, 0.15) is 19.8 Å². The second-order valence-electron chi connectivity index (χ2n) is 4.66. The lowest BCUT2D eigenvalue weighted by Gasteiger charge is -2.23. The van der Waals surface area contributed by atoms with Crippen LogP contribution in [0.25, 0.3) is 0 Å². The van der Waals surface area contributed by atoms with Crippen molar-refractivity contribution in [1.82, 2.24) is 20.4 Å². The van der Waals surface area contributed by atoms with Crippen LogP contribution in [0.4, 0.5) is 0 Å². The van der Waals surface area contributed by atoms with E-state index in [2.05, 4.69) is 15.7 Å². The van der Waals surface area contributed by atoms with Gasteiger partial charge in [0.05, 0.1) is 6.54 Å². The molecule has 0 saturated carbocycles. The third-order valence-electron chi connectivity index (χ3n) is 3.12. The third kappa shape index (κ3) is 3.56. The summed E-state index contributed by atoms with van der Waals surface area (Å²) in [7, 11) is 0. The Bertz CT molecular complexity index is 343. The van der Waals surface area contributed by atoms with Crippen LogP contribution in [0.15, 0.2) is 18.5 Å². The van der Waals surface area contributed by atoms with Gasteiger partial charge < -0.3 is 10.6 Å². The van der Waals surface area contributed by atoms with Gasteiger partial charge in [-0.25, -0.2) is 0 Å². The lowest BCUT2D eigenvalue weighted by Crippen LogP contribution is -2.43. The van der Waals surface area contributed by atoms with Crippen LogP contribution in [0.2, 0.25) is 0 Å². The normalized spacial score (nSPS) is 18.9. The number of carbonyl (C=O) groups is 1. The number of nitrogens with zero attached hydrogens (tertiary/aromatic N) is 2. The Balaban J connectivity index is 1.77. The van der Waals surface area contributed by atoms with Gasteiger partial charge in [-0.15, -0.1) is 0 Å². The zero-order chi connectivity index (χ0) is 12.1. The molecule has 94 valence electrons. The fraction of sp³-hybridized carbons (Fsp3) is 0.667. The summed E-state index contributed by atoms with van der Waals surface area (Å²) in [5, 5.41) is 10.5. The minimum atomic E-state index is 0.122. The topological polar surface area (TPSA) is 59.0 Å². The van der Waals surface area contributed by atoms with E-state index in [1.165, 1.54) is 0 Å². The molecule has 5 nitrogen and oxygen atoms in total. The number of carbonyl (C=O) groups excluding carboxylic acids is 1. The van der Waals surface area contributed by atoms with E-state index in [1.807, 2.05) is 23.9 Å². The molecule has 1 atom stereocenters. The fourth-order valence-electron chi connectivity index (χ4n) is 2.18. The SMILES string of the molecule is CC(Cn1cccn1)NC(=O)C1CCNCC1. The highest BCUT2D eigenvalue weighted by molar-refractivity contribution is 5.79. The molecule has 1 aromatic heterocycles. The Hall–Kier alpha value is -1.36. The molecule has 17 heavy (non-hydrogen) atoms. The number of rotatable bonds is 4. The number of piperidine rings is 1. The standard InChI is InChI=1S/C12H20N4O/c1-10(9-16-8-2-5-14-16)15-12(17)11-3-6-13-7-4-11/h2,5,8,10-11,13H,3-4,6-7,9H2,1H3,(H,15,17). The van der Waals surface area contributed by atoms with E-state index in [-0.39, 0.29) is 17.9 Å². The molecule has 1 saturated heterocycles. The van der Waals surface area contributed by atoms with E-state index in [0.717, 1.165) is 32.5 Å². The first kappa shape index (κ1) is 12.1. The van der Waals surface area contributed by atoms with Gasteiger partial charge in [0, 0.05) is 24.4 Å². The van der Waals surface area contributed by atoms with E-state index < -0.39 is 0 Å². The van der Waals surface area contributed by atoms with E-state index in [4.69, 9.17) is 0 Å². The van der Waals surface area contributed by atoms with Gasteiger partial charge in [0.2, 0.25) is 5.91 Å². The molecule has 0 aromatic carbocycles. The van der Waals surface area contributed by atoms with E-state index in [1.54, 1.807) is 6.20 Å². The maximum atomic E-state index is 12.0. The van der Waals surface area contributed by atoms with Crippen molar-refractivity contribution in [2.45, 2.75) is 32.4 Å². The molecule has 1 unspecified atom stereocenters. The van der Waals surface area contributed by atoms with Crippen molar-refractivity contribution in [3.05, 3.63) is 18.5 Å². The summed E-state index contributed by atoms with van der Waals surface area (Å²) >= 11 is 0. The molecule has 2 N–H and O–H groups in total. The number of aromatic nitrogens is 2. The fourth-order valence-corrected chi connectivity index (χ4v) is 2.18. The first-order chi connectivity index (χ1) is 8.25. The van der Waals surface area contributed by atoms with Gasteiger partial charge in [-0.05, 0) is 38.9 Å². The molecule has 1 aliphatic heterocycles. The molecule has 1 aromatic rings. The summed E-state index contributed by atoms with van der Waals surface area (Å²) in [6, 6.07) is 2.01. The van der Waals surface area contributed by atoms with Crippen molar-refractivity contribution >= 4 is 5.91 Å². The summed E-state index contributed by atoms with van der Waals surface area (Å²) < 4.78 is 1.84. The highest BCUT2D eigenvalue weighted by atomic mass is 16.1. The van der Waals surface area contributed by atoms with Crippen LogP contribution >= 0.6 is 0 Å². The molecular weight excluding hydrogens is 216 g/mol. The van der Waals surface area contributed by atoms with Gasteiger partial charge in [-0.3, -0.25) is 9.48 Å². The van der Waals surface area contributed by atoms with Crippen LogP contribution in [-0.2, 0) is 11.3 Å². The van der Waals surface area contributed by atoms with Crippen molar-refractivity contribution in [2.75, 3.05) is 13.1 Å². The molecule has 0 radical (unpaired) electrons. The molecule has 1 amide bonds. The zero-order valence-corrected chi connectivity index (χ0v) is 10.2. The predicted octanol–water partition coefficient (Wildman–Crippen LogP) is 0.387. The number of hydrogen-bond donors (Lipinski definition) is 2. The Labute approximate surface area is 102 Å². The van der Waals surface area contributed by atoms with Gasteiger partial charge >= 0.3 is 0 Å². The van der Waals surface area contributed by atoms with Gasteiger partial charge in [0.25, 0.3) is 0 Å². The van der Waals surface area contributed by atoms with E-state index >= 15 is 0 Å². The quantitative estimate of drug-likeness (QED) is 0.795. The van der Waals surface area contributed by atoms with E-state index in [9.17, 15) is 4.79 Å². The number of nitrogens with one attached hydrogen (secondary N) is 2. The van der Waals surface area contributed by atoms with Gasteiger partial charge in [0.15, 0.2) is 0 Å². The van der Waals surface area contributed by atoms with Crippen LogP contribution in [0, 0.1) is 5.92 Å². The largest absolute Gasteiger partial charge is 0.352 e. The average molecular weight is 236 g/mol. The minimum Gasteiger partial charge on any atom is -0.352 e. The first-order valence-electron chi connectivity index (χ1n) is 6.24. The zero-order valence-electron chi connectivity index (χ0n) is 10.2. The van der Waals surface area contributed by atoms with Crippen molar-refractivity contribution in [2.24, 2.45) is 5.92 Å². The lowest BCUT2D eigenvalue weighted by atomic mass is 9.97.